The minimum absolute atomic E-state index is 0.0198. The third kappa shape index (κ3) is 3.08. The van der Waals surface area contributed by atoms with Crippen molar-refractivity contribution in [2.45, 2.75) is 19.8 Å². The van der Waals surface area contributed by atoms with Crippen molar-refractivity contribution in [1.82, 2.24) is 0 Å². The maximum atomic E-state index is 11.4. The Morgan fingerprint density at radius 3 is 2.43 bits per heavy atom. The van der Waals surface area contributed by atoms with Crippen molar-refractivity contribution in [3.63, 3.8) is 0 Å². The Kier molecular flexibility index (Phi) is 4.35. The van der Waals surface area contributed by atoms with Crippen LogP contribution in [0.4, 0.5) is 0 Å². The smallest absolute Gasteiger partial charge is 0.307 e. The molecular formula is C20H17ClO2. The SMILES string of the molecule is CCc1cc2ccccc2c(-c2ccc(Cl)cc2)c1CC(=O)O. The zero-order valence-electron chi connectivity index (χ0n) is 12.8. The van der Waals surface area contributed by atoms with Gasteiger partial charge in [-0.25, -0.2) is 0 Å². The number of carboxylic acids is 1. The van der Waals surface area contributed by atoms with Gasteiger partial charge in [0, 0.05) is 5.02 Å². The normalized spacial score (nSPS) is 10.9. The lowest BCUT2D eigenvalue weighted by molar-refractivity contribution is -0.136. The number of carbonyl (C=O) groups is 1. The van der Waals surface area contributed by atoms with E-state index in [1.54, 1.807) is 0 Å². The molecule has 23 heavy (non-hydrogen) atoms. The fraction of sp³-hybridized carbons (Fsp3) is 0.150. The molecule has 0 bridgehead atoms. The summed E-state index contributed by atoms with van der Waals surface area (Å²) in [6.07, 6.45) is 0.819. The number of rotatable bonds is 4. The lowest BCUT2D eigenvalue weighted by Gasteiger charge is -2.17. The van der Waals surface area contributed by atoms with E-state index in [9.17, 15) is 9.90 Å². The van der Waals surface area contributed by atoms with Crippen LogP contribution in [0.1, 0.15) is 18.1 Å². The molecule has 2 nitrogen and oxygen atoms in total. The highest BCUT2D eigenvalue weighted by Gasteiger charge is 2.16. The Morgan fingerprint density at radius 1 is 1.09 bits per heavy atom. The first-order valence-corrected chi connectivity index (χ1v) is 7.99. The van der Waals surface area contributed by atoms with Crippen LogP contribution in [0.15, 0.2) is 54.6 Å². The largest absolute Gasteiger partial charge is 0.481 e. The van der Waals surface area contributed by atoms with Crippen molar-refractivity contribution < 1.29 is 9.90 Å². The molecule has 1 N–H and O–H groups in total. The number of carboxylic acid groups (broad SMARTS) is 1. The Morgan fingerprint density at radius 2 is 1.78 bits per heavy atom. The molecule has 3 aromatic rings. The topological polar surface area (TPSA) is 37.3 Å². The first kappa shape index (κ1) is 15.6. The molecule has 0 aliphatic carbocycles. The third-order valence-corrected chi connectivity index (χ3v) is 4.34. The van der Waals surface area contributed by atoms with Gasteiger partial charge < -0.3 is 5.11 Å². The molecule has 116 valence electrons. The summed E-state index contributed by atoms with van der Waals surface area (Å²) in [6, 6.07) is 17.8. The number of benzene rings is 3. The van der Waals surface area contributed by atoms with Crippen LogP contribution in [0.25, 0.3) is 21.9 Å². The van der Waals surface area contributed by atoms with Crippen LogP contribution >= 0.6 is 11.6 Å². The second-order valence-electron chi connectivity index (χ2n) is 5.54. The Balaban J connectivity index is 2.38. The van der Waals surface area contributed by atoms with E-state index >= 15 is 0 Å². The summed E-state index contributed by atoms with van der Waals surface area (Å²) < 4.78 is 0. The quantitative estimate of drug-likeness (QED) is 0.702. The molecule has 0 spiro atoms. The van der Waals surface area contributed by atoms with Crippen LogP contribution in [0.5, 0.6) is 0 Å². The van der Waals surface area contributed by atoms with Crippen LogP contribution in [-0.2, 0) is 17.6 Å². The van der Waals surface area contributed by atoms with Crippen LogP contribution in [0, 0.1) is 0 Å². The number of hydrogen-bond acceptors (Lipinski definition) is 1. The van der Waals surface area contributed by atoms with E-state index in [2.05, 4.69) is 19.1 Å². The first-order chi connectivity index (χ1) is 11.1. The standard InChI is InChI=1S/C20H17ClO2/c1-2-13-11-15-5-3-4-6-17(15)20(18(13)12-19(22)23)14-7-9-16(21)10-8-14/h3-11H,2,12H2,1H3,(H,22,23). The first-order valence-electron chi connectivity index (χ1n) is 7.61. The van der Waals surface area contributed by atoms with Gasteiger partial charge in [0.15, 0.2) is 0 Å². The number of aryl methyl sites for hydroxylation is 1. The number of fused-ring (bicyclic) bond motifs is 1. The summed E-state index contributed by atoms with van der Waals surface area (Å²) in [5.74, 6) is -0.815. The van der Waals surface area contributed by atoms with E-state index in [0.29, 0.717) is 5.02 Å². The molecule has 0 aromatic heterocycles. The molecule has 0 amide bonds. The van der Waals surface area contributed by atoms with Crippen LogP contribution < -0.4 is 0 Å². The molecule has 0 radical (unpaired) electrons. The number of aliphatic carboxylic acids is 1. The van der Waals surface area contributed by atoms with Crippen molar-refractivity contribution in [1.29, 1.82) is 0 Å². The van der Waals surface area contributed by atoms with Crippen LogP contribution in [0.2, 0.25) is 5.02 Å². The Bertz CT molecular complexity index is 867. The highest BCUT2D eigenvalue weighted by Crippen LogP contribution is 2.35. The summed E-state index contributed by atoms with van der Waals surface area (Å²) in [6.45, 7) is 2.06. The molecular weight excluding hydrogens is 308 g/mol. The van der Waals surface area contributed by atoms with Crippen molar-refractivity contribution in [2.75, 3.05) is 0 Å². The third-order valence-electron chi connectivity index (χ3n) is 4.09. The van der Waals surface area contributed by atoms with E-state index in [1.165, 1.54) is 0 Å². The van der Waals surface area contributed by atoms with Gasteiger partial charge in [0.05, 0.1) is 6.42 Å². The van der Waals surface area contributed by atoms with E-state index in [-0.39, 0.29) is 6.42 Å². The lowest BCUT2D eigenvalue weighted by Crippen LogP contribution is -2.06. The van der Waals surface area contributed by atoms with Gasteiger partial charge in [-0.15, -0.1) is 0 Å². The molecule has 0 saturated carbocycles. The maximum absolute atomic E-state index is 11.4. The molecule has 3 heteroatoms. The van der Waals surface area contributed by atoms with E-state index in [4.69, 9.17) is 11.6 Å². The van der Waals surface area contributed by atoms with Gasteiger partial charge in [0.1, 0.15) is 0 Å². The predicted molar refractivity (Wildman–Crippen MR) is 95.1 cm³/mol. The average molecular weight is 325 g/mol. The fourth-order valence-corrected chi connectivity index (χ4v) is 3.19. The minimum Gasteiger partial charge on any atom is -0.481 e. The molecule has 0 fully saturated rings. The molecule has 3 rings (SSSR count). The van der Waals surface area contributed by atoms with Gasteiger partial charge in [0.25, 0.3) is 0 Å². The highest BCUT2D eigenvalue weighted by molar-refractivity contribution is 6.30. The number of halogens is 1. The van der Waals surface area contributed by atoms with Crippen LogP contribution in [0.3, 0.4) is 0 Å². The van der Waals surface area contributed by atoms with E-state index in [0.717, 1.165) is 39.4 Å². The maximum Gasteiger partial charge on any atom is 0.307 e. The van der Waals surface area contributed by atoms with E-state index < -0.39 is 5.97 Å². The predicted octanol–water partition coefficient (Wildman–Crippen LogP) is 5.35. The van der Waals surface area contributed by atoms with E-state index in [1.807, 2.05) is 42.5 Å². The monoisotopic (exact) mass is 324 g/mol. The molecule has 0 atom stereocenters. The average Bonchev–Trinajstić information content (AvgIpc) is 2.55. The number of hydrogen-bond donors (Lipinski definition) is 1. The molecule has 0 saturated heterocycles. The van der Waals surface area contributed by atoms with Crippen LogP contribution in [-0.4, -0.2) is 11.1 Å². The van der Waals surface area contributed by atoms with Crippen molar-refractivity contribution >= 4 is 28.3 Å². The molecule has 0 heterocycles. The van der Waals surface area contributed by atoms with Gasteiger partial charge in [-0.2, -0.15) is 0 Å². The zero-order valence-corrected chi connectivity index (χ0v) is 13.6. The molecule has 0 aliphatic rings. The molecule has 0 aliphatic heterocycles. The van der Waals surface area contributed by atoms with Gasteiger partial charge in [0.2, 0.25) is 0 Å². The van der Waals surface area contributed by atoms with Crippen molar-refractivity contribution in [3.8, 4) is 11.1 Å². The Labute approximate surface area is 140 Å². The fourth-order valence-electron chi connectivity index (χ4n) is 3.06. The second kappa shape index (κ2) is 6.43. The zero-order chi connectivity index (χ0) is 16.4. The van der Waals surface area contributed by atoms with Gasteiger partial charge in [-0.1, -0.05) is 61.0 Å². The van der Waals surface area contributed by atoms with Crippen molar-refractivity contribution in [3.05, 3.63) is 70.7 Å². The summed E-state index contributed by atoms with van der Waals surface area (Å²) in [7, 11) is 0. The Hall–Kier alpha value is -2.32. The van der Waals surface area contributed by atoms with Gasteiger partial charge >= 0.3 is 5.97 Å². The minimum atomic E-state index is -0.815. The summed E-state index contributed by atoms with van der Waals surface area (Å²) in [5.41, 5.74) is 3.97. The summed E-state index contributed by atoms with van der Waals surface area (Å²) in [5, 5.41) is 12.2. The summed E-state index contributed by atoms with van der Waals surface area (Å²) in [4.78, 5) is 11.4. The van der Waals surface area contributed by atoms with Gasteiger partial charge in [-0.05, 0) is 51.6 Å². The van der Waals surface area contributed by atoms with Gasteiger partial charge in [-0.3, -0.25) is 4.79 Å². The van der Waals surface area contributed by atoms with Crippen molar-refractivity contribution in [2.24, 2.45) is 0 Å². The highest BCUT2D eigenvalue weighted by atomic mass is 35.5. The molecule has 0 unspecified atom stereocenters. The lowest BCUT2D eigenvalue weighted by atomic mass is 9.87. The summed E-state index contributed by atoms with van der Waals surface area (Å²) >= 11 is 6.01. The molecule has 3 aromatic carbocycles. The second-order valence-corrected chi connectivity index (χ2v) is 5.98.